The van der Waals surface area contributed by atoms with Crippen molar-refractivity contribution in [1.29, 1.82) is 0 Å². The Balaban J connectivity index is 2.18. The molecule has 0 aromatic heterocycles. The lowest BCUT2D eigenvalue weighted by molar-refractivity contribution is 0.0992. The largest absolute Gasteiger partial charge is 0.497 e. The van der Waals surface area contributed by atoms with Crippen molar-refractivity contribution in [3.63, 3.8) is 0 Å². The molecule has 2 nitrogen and oxygen atoms in total. The average Bonchev–Trinajstić information content (AvgIpc) is 2.41. The molecule has 2 rings (SSSR count). The van der Waals surface area contributed by atoms with E-state index in [2.05, 4.69) is 0 Å². The molecule has 0 heterocycles. The van der Waals surface area contributed by atoms with Gasteiger partial charge in [0.15, 0.2) is 5.78 Å². The second kappa shape index (κ2) is 5.89. The molecule has 0 aliphatic heterocycles. The Morgan fingerprint density at radius 3 is 2.42 bits per heavy atom. The zero-order valence-corrected chi connectivity index (χ0v) is 11.7. The van der Waals surface area contributed by atoms with Crippen LogP contribution in [0.4, 0.5) is 0 Å². The summed E-state index contributed by atoms with van der Waals surface area (Å²) < 4.78 is 5.14. The van der Waals surface area contributed by atoms with Gasteiger partial charge in [-0.1, -0.05) is 23.7 Å². The number of carbonyl (C=O) groups is 1. The molecule has 0 bridgehead atoms. The van der Waals surface area contributed by atoms with Crippen LogP contribution in [-0.4, -0.2) is 12.9 Å². The Morgan fingerprint density at radius 1 is 1.16 bits per heavy atom. The van der Waals surface area contributed by atoms with Gasteiger partial charge in [-0.15, -0.1) is 0 Å². The standard InChI is InChI=1S/C16H15ClO2/c1-11-9-14(19-2)7-8-15(11)16(18)10-12-3-5-13(17)6-4-12/h3-9H,10H2,1-2H3. The number of hydrogen-bond donors (Lipinski definition) is 0. The molecule has 0 radical (unpaired) electrons. The molecular formula is C16H15ClO2. The SMILES string of the molecule is COc1ccc(C(=O)Cc2ccc(Cl)cc2)c(C)c1. The van der Waals surface area contributed by atoms with E-state index in [0.717, 1.165) is 22.4 Å². The van der Waals surface area contributed by atoms with E-state index in [4.69, 9.17) is 16.3 Å². The highest BCUT2D eigenvalue weighted by molar-refractivity contribution is 6.30. The number of Topliss-reactive ketones (excluding diaryl/α,β-unsaturated/α-hetero) is 1. The molecule has 19 heavy (non-hydrogen) atoms. The molecule has 0 atom stereocenters. The van der Waals surface area contributed by atoms with E-state index in [9.17, 15) is 4.79 Å². The maximum Gasteiger partial charge on any atom is 0.167 e. The summed E-state index contributed by atoms with van der Waals surface area (Å²) in [6.45, 7) is 1.91. The Labute approximate surface area is 118 Å². The summed E-state index contributed by atoms with van der Waals surface area (Å²) >= 11 is 5.83. The van der Waals surface area contributed by atoms with E-state index < -0.39 is 0 Å². The highest BCUT2D eigenvalue weighted by atomic mass is 35.5. The first-order chi connectivity index (χ1) is 9.10. The molecule has 2 aromatic rings. The Morgan fingerprint density at radius 2 is 1.84 bits per heavy atom. The maximum absolute atomic E-state index is 12.2. The molecule has 3 heteroatoms. The van der Waals surface area contributed by atoms with Gasteiger partial charge in [0.05, 0.1) is 7.11 Å². The number of hydrogen-bond acceptors (Lipinski definition) is 2. The molecule has 0 saturated heterocycles. The van der Waals surface area contributed by atoms with Gasteiger partial charge in [-0.2, -0.15) is 0 Å². The second-order valence-electron chi connectivity index (χ2n) is 4.41. The van der Waals surface area contributed by atoms with Gasteiger partial charge in [0, 0.05) is 17.0 Å². The van der Waals surface area contributed by atoms with Crippen molar-refractivity contribution in [2.75, 3.05) is 7.11 Å². The number of benzene rings is 2. The van der Waals surface area contributed by atoms with Crippen molar-refractivity contribution in [3.8, 4) is 5.75 Å². The van der Waals surface area contributed by atoms with Crippen LogP contribution < -0.4 is 4.74 Å². The van der Waals surface area contributed by atoms with Crippen molar-refractivity contribution in [1.82, 2.24) is 0 Å². The van der Waals surface area contributed by atoms with Crippen molar-refractivity contribution < 1.29 is 9.53 Å². The fraction of sp³-hybridized carbons (Fsp3) is 0.188. The highest BCUT2D eigenvalue weighted by Gasteiger charge is 2.10. The van der Waals surface area contributed by atoms with Gasteiger partial charge in [-0.05, 0) is 48.4 Å². The monoisotopic (exact) mass is 274 g/mol. The van der Waals surface area contributed by atoms with Crippen molar-refractivity contribution in [2.24, 2.45) is 0 Å². The van der Waals surface area contributed by atoms with Crippen molar-refractivity contribution in [3.05, 3.63) is 64.2 Å². The normalized spacial score (nSPS) is 10.3. The molecule has 0 unspecified atom stereocenters. The van der Waals surface area contributed by atoms with Crippen LogP contribution in [0, 0.1) is 6.92 Å². The third kappa shape index (κ3) is 3.36. The third-order valence-corrected chi connectivity index (χ3v) is 3.26. The molecule has 0 amide bonds. The van der Waals surface area contributed by atoms with Crippen LogP contribution >= 0.6 is 11.6 Å². The predicted octanol–water partition coefficient (Wildman–Crippen LogP) is 4.08. The summed E-state index contributed by atoms with van der Waals surface area (Å²) in [6, 6.07) is 12.8. The molecule has 98 valence electrons. The summed E-state index contributed by atoms with van der Waals surface area (Å²) in [5.74, 6) is 0.864. The molecule has 0 N–H and O–H groups in total. The molecular weight excluding hydrogens is 260 g/mol. The topological polar surface area (TPSA) is 26.3 Å². The summed E-state index contributed by atoms with van der Waals surface area (Å²) in [5.41, 5.74) is 2.62. The number of ether oxygens (including phenoxy) is 1. The summed E-state index contributed by atoms with van der Waals surface area (Å²) in [7, 11) is 1.62. The highest BCUT2D eigenvalue weighted by Crippen LogP contribution is 2.19. The number of methoxy groups -OCH3 is 1. The second-order valence-corrected chi connectivity index (χ2v) is 4.84. The minimum atomic E-state index is 0.0995. The molecule has 0 saturated carbocycles. The number of ketones is 1. The zero-order chi connectivity index (χ0) is 13.8. The van der Waals surface area contributed by atoms with E-state index >= 15 is 0 Å². The van der Waals surface area contributed by atoms with Gasteiger partial charge in [0.1, 0.15) is 5.75 Å². The predicted molar refractivity (Wildman–Crippen MR) is 77.2 cm³/mol. The molecule has 0 spiro atoms. The molecule has 0 aliphatic rings. The van der Waals surface area contributed by atoms with Crippen LogP contribution in [0.1, 0.15) is 21.5 Å². The van der Waals surface area contributed by atoms with Gasteiger partial charge in [0.25, 0.3) is 0 Å². The first kappa shape index (κ1) is 13.6. The van der Waals surface area contributed by atoms with E-state index in [-0.39, 0.29) is 5.78 Å². The fourth-order valence-electron chi connectivity index (χ4n) is 1.96. The van der Waals surface area contributed by atoms with Crippen molar-refractivity contribution in [2.45, 2.75) is 13.3 Å². The van der Waals surface area contributed by atoms with Gasteiger partial charge >= 0.3 is 0 Å². The zero-order valence-electron chi connectivity index (χ0n) is 10.9. The smallest absolute Gasteiger partial charge is 0.167 e. The minimum Gasteiger partial charge on any atom is -0.497 e. The van der Waals surface area contributed by atoms with E-state index in [0.29, 0.717) is 11.4 Å². The Bertz CT molecular complexity index is 588. The van der Waals surface area contributed by atoms with Gasteiger partial charge in [0.2, 0.25) is 0 Å². The number of carbonyl (C=O) groups excluding carboxylic acids is 1. The van der Waals surface area contributed by atoms with Crippen LogP contribution in [0.25, 0.3) is 0 Å². The third-order valence-electron chi connectivity index (χ3n) is 3.01. The summed E-state index contributed by atoms with van der Waals surface area (Å²) in [5, 5.41) is 0.678. The lowest BCUT2D eigenvalue weighted by Crippen LogP contribution is -2.05. The van der Waals surface area contributed by atoms with Gasteiger partial charge in [-0.3, -0.25) is 4.79 Å². The summed E-state index contributed by atoms with van der Waals surface area (Å²) in [6.07, 6.45) is 0.379. The van der Waals surface area contributed by atoms with Gasteiger partial charge in [-0.25, -0.2) is 0 Å². The lowest BCUT2D eigenvalue weighted by atomic mass is 9.99. The van der Waals surface area contributed by atoms with Crippen LogP contribution in [-0.2, 0) is 6.42 Å². The first-order valence-electron chi connectivity index (χ1n) is 6.02. The van der Waals surface area contributed by atoms with Crippen LogP contribution in [0.15, 0.2) is 42.5 Å². The lowest BCUT2D eigenvalue weighted by Gasteiger charge is -2.07. The van der Waals surface area contributed by atoms with Gasteiger partial charge < -0.3 is 4.74 Å². The van der Waals surface area contributed by atoms with Crippen LogP contribution in [0.2, 0.25) is 5.02 Å². The molecule has 0 aliphatic carbocycles. The maximum atomic E-state index is 12.2. The Hall–Kier alpha value is -1.80. The van der Waals surface area contributed by atoms with E-state index in [1.54, 1.807) is 19.2 Å². The van der Waals surface area contributed by atoms with Crippen LogP contribution in [0.5, 0.6) is 5.75 Å². The van der Waals surface area contributed by atoms with E-state index in [1.165, 1.54) is 0 Å². The Kier molecular flexibility index (Phi) is 4.23. The summed E-state index contributed by atoms with van der Waals surface area (Å²) in [4.78, 5) is 12.2. The molecule has 2 aromatic carbocycles. The molecule has 0 fully saturated rings. The van der Waals surface area contributed by atoms with E-state index in [1.807, 2.05) is 37.3 Å². The number of halogens is 1. The quantitative estimate of drug-likeness (QED) is 0.785. The number of aryl methyl sites for hydroxylation is 1. The first-order valence-corrected chi connectivity index (χ1v) is 6.40. The minimum absolute atomic E-state index is 0.0995. The van der Waals surface area contributed by atoms with Crippen LogP contribution in [0.3, 0.4) is 0 Å². The number of rotatable bonds is 4. The fourth-order valence-corrected chi connectivity index (χ4v) is 2.08. The van der Waals surface area contributed by atoms with Crippen molar-refractivity contribution >= 4 is 17.4 Å². The average molecular weight is 275 g/mol.